The van der Waals surface area contributed by atoms with Crippen molar-refractivity contribution < 1.29 is 0 Å². The maximum Gasteiger partial charge on any atom is 0.203 e. The molecule has 0 atom stereocenters. The lowest BCUT2D eigenvalue weighted by Gasteiger charge is -2.04. The normalized spacial score (nSPS) is 10.5. The second kappa shape index (κ2) is 4.16. The third kappa shape index (κ3) is 1.96. The first-order valence-electron chi connectivity index (χ1n) is 4.59. The number of aryl methyl sites for hydroxylation is 1. The molecule has 0 aliphatic rings. The van der Waals surface area contributed by atoms with Gasteiger partial charge in [0.2, 0.25) is 5.13 Å². The van der Waals surface area contributed by atoms with Gasteiger partial charge in [-0.15, -0.1) is 10.2 Å². The fraction of sp³-hybridized carbons (Fsp3) is 0.200. The summed E-state index contributed by atoms with van der Waals surface area (Å²) in [4.78, 5) is 0. The van der Waals surface area contributed by atoms with Crippen molar-refractivity contribution in [3.05, 3.63) is 28.8 Å². The summed E-state index contributed by atoms with van der Waals surface area (Å²) in [6.45, 7) is 2.07. The minimum Gasteiger partial charge on any atom is -0.374 e. The molecule has 0 amide bonds. The molecule has 0 bridgehead atoms. The van der Waals surface area contributed by atoms with Crippen LogP contribution < -0.4 is 5.73 Å². The Hall–Kier alpha value is -1.13. The molecule has 0 aliphatic carbocycles. The topological polar surface area (TPSA) is 51.8 Å². The highest BCUT2D eigenvalue weighted by Crippen LogP contribution is 2.33. The zero-order valence-electron chi connectivity index (χ0n) is 8.20. The smallest absolute Gasteiger partial charge is 0.203 e. The quantitative estimate of drug-likeness (QED) is 0.877. The summed E-state index contributed by atoms with van der Waals surface area (Å²) in [7, 11) is 0. The van der Waals surface area contributed by atoms with E-state index in [-0.39, 0.29) is 0 Å². The van der Waals surface area contributed by atoms with Crippen molar-refractivity contribution in [2.24, 2.45) is 0 Å². The predicted molar refractivity (Wildman–Crippen MR) is 64.1 cm³/mol. The van der Waals surface area contributed by atoms with Gasteiger partial charge in [0.25, 0.3) is 0 Å². The minimum absolute atomic E-state index is 0.461. The molecule has 0 unspecified atom stereocenters. The monoisotopic (exact) mass is 239 g/mol. The molecule has 1 heterocycles. The molecule has 0 saturated heterocycles. The Kier molecular flexibility index (Phi) is 2.88. The SMILES string of the molecule is CCc1cccc(-c2nnc(N)s2)c1Cl. The number of nitrogens with two attached hydrogens (primary N) is 1. The molecular formula is C10H10ClN3S. The number of halogens is 1. The Morgan fingerprint density at radius 2 is 2.20 bits per heavy atom. The number of hydrogen-bond acceptors (Lipinski definition) is 4. The lowest BCUT2D eigenvalue weighted by atomic mass is 10.1. The van der Waals surface area contributed by atoms with E-state index in [9.17, 15) is 0 Å². The molecule has 1 aromatic carbocycles. The molecule has 2 rings (SSSR count). The standard InChI is InChI=1S/C10H10ClN3S/c1-2-6-4-3-5-7(8(6)11)9-13-14-10(12)15-9/h3-5H,2H2,1H3,(H2,12,14). The first-order valence-corrected chi connectivity index (χ1v) is 5.78. The van der Waals surface area contributed by atoms with E-state index < -0.39 is 0 Å². The van der Waals surface area contributed by atoms with Crippen LogP contribution in [0.4, 0.5) is 5.13 Å². The van der Waals surface area contributed by atoms with Crippen molar-refractivity contribution in [3.8, 4) is 10.6 Å². The summed E-state index contributed by atoms with van der Waals surface area (Å²) in [5, 5.41) is 9.74. The highest BCUT2D eigenvalue weighted by Gasteiger charge is 2.10. The molecule has 15 heavy (non-hydrogen) atoms. The van der Waals surface area contributed by atoms with E-state index >= 15 is 0 Å². The van der Waals surface area contributed by atoms with Gasteiger partial charge in [0.1, 0.15) is 0 Å². The number of rotatable bonds is 2. The molecule has 5 heteroatoms. The first kappa shape index (κ1) is 10.4. The van der Waals surface area contributed by atoms with Crippen LogP contribution >= 0.6 is 22.9 Å². The average molecular weight is 240 g/mol. The summed E-state index contributed by atoms with van der Waals surface area (Å²) in [5.41, 5.74) is 7.56. The number of nitrogens with zero attached hydrogens (tertiary/aromatic N) is 2. The van der Waals surface area contributed by atoms with Gasteiger partial charge in [0, 0.05) is 5.56 Å². The van der Waals surface area contributed by atoms with Crippen molar-refractivity contribution in [1.82, 2.24) is 10.2 Å². The maximum absolute atomic E-state index is 6.25. The number of anilines is 1. The largest absolute Gasteiger partial charge is 0.374 e. The van der Waals surface area contributed by atoms with E-state index in [1.165, 1.54) is 11.3 Å². The minimum atomic E-state index is 0.461. The molecule has 3 nitrogen and oxygen atoms in total. The lowest BCUT2D eigenvalue weighted by molar-refractivity contribution is 1.10. The summed E-state index contributed by atoms with van der Waals surface area (Å²) in [6.07, 6.45) is 0.904. The zero-order valence-corrected chi connectivity index (χ0v) is 9.77. The lowest BCUT2D eigenvalue weighted by Crippen LogP contribution is -1.86. The summed E-state index contributed by atoms with van der Waals surface area (Å²) >= 11 is 7.60. The van der Waals surface area contributed by atoms with Gasteiger partial charge in [-0.1, -0.05) is 48.1 Å². The van der Waals surface area contributed by atoms with E-state index in [0.29, 0.717) is 5.13 Å². The molecule has 0 radical (unpaired) electrons. The maximum atomic E-state index is 6.25. The van der Waals surface area contributed by atoms with E-state index in [1.807, 2.05) is 18.2 Å². The van der Waals surface area contributed by atoms with Gasteiger partial charge in [-0.3, -0.25) is 0 Å². The van der Waals surface area contributed by atoms with Crippen molar-refractivity contribution in [2.45, 2.75) is 13.3 Å². The van der Waals surface area contributed by atoms with Gasteiger partial charge < -0.3 is 5.73 Å². The Morgan fingerprint density at radius 3 is 2.80 bits per heavy atom. The van der Waals surface area contributed by atoms with E-state index in [0.717, 1.165) is 27.6 Å². The van der Waals surface area contributed by atoms with Crippen LogP contribution in [0.15, 0.2) is 18.2 Å². The molecular weight excluding hydrogens is 230 g/mol. The van der Waals surface area contributed by atoms with E-state index in [1.54, 1.807) is 0 Å². The van der Waals surface area contributed by atoms with Crippen LogP contribution in [0, 0.1) is 0 Å². The highest BCUT2D eigenvalue weighted by molar-refractivity contribution is 7.18. The summed E-state index contributed by atoms with van der Waals surface area (Å²) < 4.78 is 0. The Morgan fingerprint density at radius 1 is 1.40 bits per heavy atom. The Bertz CT molecular complexity index is 481. The Labute approximate surface area is 96.9 Å². The van der Waals surface area contributed by atoms with Gasteiger partial charge in [0.15, 0.2) is 5.01 Å². The number of nitrogen functional groups attached to an aromatic ring is 1. The van der Waals surface area contributed by atoms with Gasteiger partial charge in [-0.05, 0) is 12.0 Å². The fourth-order valence-corrected chi connectivity index (χ4v) is 2.41. The number of benzene rings is 1. The van der Waals surface area contributed by atoms with Crippen molar-refractivity contribution in [2.75, 3.05) is 5.73 Å². The van der Waals surface area contributed by atoms with Crippen LogP contribution in [0.2, 0.25) is 5.02 Å². The molecule has 2 N–H and O–H groups in total. The van der Waals surface area contributed by atoms with Gasteiger partial charge in [0.05, 0.1) is 5.02 Å². The van der Waals surface area contributed by atoms with Crippen LogP contribution in [-0.4, -0.2) is 10.2 Å². The molecule has 0 spiro atoms. The third-order valence-corrected chi connectivity index (χ3v) is 3.36. The zero-order chi connectivity index (χ0) is 10.8. The third-order valence-electron chi connectivity index (χ3n) is 2.13. The molecule has 78 valence electrons. The number of hydrogen-bond donors (Lipinski definition) is 1. The van der Waals surface area contributed by atoms with Crippen LogP contribution in [0.3, 0.4) is 0 Å². The van der Waals surface area contributed by atoms with Crippen molar-refractivity contribution in [1.29, 1.82) is 0 Å². The second-order valence-corrected chi connectivity index (χ2v) is 4.46. The highest BCUT2D eigenvalue weighted by atomic mass is 35.5. The van der Waals surface area contributed by atoms with E-state index in [4.69, 9.17) is 17.3 Å². The van der Waals surface area contributed by atoms with Gasteiger partial charge in [-0.25, -0.2) is 0 Å². The van der Waals surface area contributed by atoms with Crippen molar-refractivity contribution >= 4 is 28.1 Å². The summed E-state index contributed by atoms with van der Waals surface area (Å²) in [5.74, 6) is 0. The molecule has 0 aliphatic heterocycles. The molecule has 0 fully saturated rings. The fourth-order valence-electron chi connectivity index (χ4n) is 1.36. The summed E-state index contributed by atoms with van der Waals surface area (Å²) in [6, 6.07) is 5.91. The number of aromatic nitrogens is 2. The van der Waals surface area contributed by atoms with E-state index in [2.05, 4.69) is 17.1 Å². The van der Waals surface area contributed by atoms with Gasteiger partial charge in [-0.2, -0.15) is 0 Å². The first-order chi connectivity index (χ1) is 7.22. The predicted octanol–water partition coefficient (Wildman–Crippen LogP) is 3.00. The molecule has 1 aromatic heterocycles. The Balaban J connectivity index is 2.53. The van der Waals surface area contributed by atoms with Crippen LogP contribution in [0.5, 0.6) is 0 Å². The molecule has 2 aromatic rings. The molecule has 0 saturated carbocycles. The van der Waals surface area contributed by atoms with Crippen LogP contribution in [0.1, 0.15) is 12.5 Å². The van der Waals surface area contributed by atoms with Crippen LogP contribution in [0.25, 0.3) is 10.6 Å². The second-order valence-electron chi connectivity index (χ2n) is 3.08. The van der Waals surface area contributed by atoms with Crippen LogP contribution in [-0.2, 0) is 6.42 Å². The average Bonchev–Trinajstić information content (AvgIpc) is 2.65. The van der Waals surface area contributed by atoms with Gasteiger partial charge >= 0.3 is 0 Å². The van der Waals surface area contributed by atoms with Crippen molar-refractivity contribution in [3.63, 3.8) is 0 Å².